The zero-order valence-electron chi connectivity index (χ0n) is 19.6. The lowest BCUT2D eigenvalue weighted by Gasteiger charge is -2.23. The third kappa shape index (κ3) is 10.5. The molecule has 1 atom stereocenters. The first-order valence-corrected chi connectivity index (χ1v) is 11.2. The second-order valence-corrected chi connectivity index (χ2v) is 9.17. The van der Waals surface area contributed by atoms with Crippen molar-refractivity contribution in [3.8, 4) is 0 Å². The highest BCUT2D eigenvalue weighted by molar-refractivity contribution is 14.0. The molecule has 2 rings (SSSR count). The maximum absolute atomic E-state index is 12.0. The molecule has 0 aromatic heterocycles. The number of hydrogen-bond donors (Lipinski definition) is 2. The van der Waals surface area contributed by atoms with Gasteiger partial charge in [-0.1, -0.05) is 0 Å². The molecule has 0 aromatic carbocycles. The summed E-state index contributed by atoms with van der Waals surface area (Å²) in [5.41, 5.74) is -0.471. The second-order valence-electron chi connectivity index (χ2n) is 9.17. The largest absolute Gasteiger partial charge is 0.444 e. The number of amides is 1. The lowest BCUT2D eigenvalue weighted by Crippen LogP contribution is -2.44. The molecule has 2 N–H and O–H groups in total. The maximum atomic E-state index is 12.0. The average molecular weight is 539 g/mol. The van der Waals surface area contributed by atoms with E-state index >= 15 is 0 Å². The van der Waals surface area contributed by atoms with Crippen LogP contribution in [0.15, 0.2) is 4.99 Å². The predicted molar refractivity (Wildman–Crippen MR) is 134 cm³/mol. The summed E-state index contributed by atoms with van der Waals surface area (Å²) in [7, 11) is 2.21. The van der Waals surface area contributed by atoms with Gasteiger partial charge in [0.05, 0.1) is 6.04 Å². The number of aliphatic imine (C=N–C) groups is 1. The number of nitrogens with zero attached hydrogens (tertiary/aromatic N) is 4. The second kappa shape index (κ2) is 13.6. The minimum Gasteiger partial charge on any atom is -0.444 e. The fraction of sp³-hybridized carbons (Fsp3) is 0.905. The van der Waals surface area contributed by atoms with E-state index in [1.807, 2.05) is 20.8 Å². The van der Waals surface area contributed by atoms with Crippen molar-refractivity contribution in [3.63, 3.8) is 0 Å². The summed E-state index contributed by atoms with van der Waals surface area (Å²) in [5, 5.41) is 6.39. The first kappa shape index (κ1) is 27.2. The third-order valence-corrected chi connectivity index (χ3v) is 5.25. The van der Waals surface area contributed by atoms with Crippen LogP contribution in [0.5, 0.6) is 0 Å². The molecule has 0 saturated carbocycles. The van der Waals surface area contributed by atoms with Gasteiger partial charge in [0.25, 0.3) is 0 Å². The third-order valence-electron chi connectivity index (χ3n) is 5.25. The minimum absolute atomic E-state index is 0. The van der Waals surface area contributed by atoms with E-state index in [2.05, 4.69) is 39.3 Å². The Bertz CT molecular complexity index is 540. The van der Waals surface area contributed by atoms with Crippen molar-refractivity contribution in [2.75, 3.05) is 66.0 Å². The van der Waals surface area contributed by atoms with Crippen LogP contribution in [0.4, 0.5) is 4.79 Å². The summed E-state index contributed by atoms with van der Waals surface area (Å²) in [6.07, 6.45) is 2.90. The number of ether oxygens (including phenoxy) is 1. The predicted octanol–water partition coefficient (Wildman–Crippen LogP) is 2.20. The van der Waals surface area contributed by atoms with Gasteiger partial charge in [-0.05, 0) is 73.6 Å². The van der Waals surface area contributed by atoms with Crippen molar-refractivity contribution >= 4 is 36.0 Å². The van der Waals surface area contributed by atoms with E-state index in [0.29, 0.717) is 0 Å². The van der Waals surface area contributed by atoms with Crippen molar-refractivity contribution < 1.29 is 9.53 Å². The number of likely N-dealkylation sites (N-methyl/N-ethyl adjacent to an activating group) is 1. The lowest BCUT2D eigenvalue weighted by atomic mass is 10.2. The van der Waals surface area contributed by atoms with Gasteiger partial charge in [-0.15, -0.1) is 24.0 Å². The van der Waals surface area contributed by atoms with Crippen LogP contribution in [0.25, 0.3) is 0 Å². The number of rotatable bonds is 6. The number of halogens is 1. The smallest absolute Gasteiger partial charge is 0.407 e. The number of nitrogens with one attached hydrogen (secondary N) is 2. The van der Waals surface area contributed by atoms with Crippen LogP contribution >= 0.6 is 24.0 Å². The number of carbonyl (C=O) groups is 1. The molecule has 0 bridgehead atoms. The fourth-order valence-electron chi connectivity index (χ4n) is 3.77. The summed E-state index contributed by atoms with van der Waals surface area (Å²) >= 11 is 0. The van der Waals surface area contributed by atoms with Crippen molar-refractivity contribution in [1.82, 2.24) is 25.3 Å². The monoisotopic (exact) mass is 538 g/mol. The van der Waals surface area contributed by atoms with Gasteiger partial charge in [-0.3, -0.25) is 4.99 Å². The standard InChI is InChI=1S/C21H42N6O2.HI/c1-6-22-19(23-10-7-12-26-13-8-11-25(5)15-16-26)27-14-9-18(17-27)24-20(28)29-21(2,3)4;/h18H,6-17H2,1-5H3,(H,22,23)(H,24,28);1H. The van der Waals surface area contributed by atoms with Crippen molar-refractivity contribution in [2.45, 2.75) is 58.6 Å². The zero-order chi connectivity index (χ0) is 21.3. The molecule has 176 valence electrons. The normalized spacial score (nSPS) is 21.7. The van der Waals surface area contributed by atoms with Gasteiger partial charge in [0.1, 0.15) is 5.60 Å². The molecular weight excluding hydrogens is 495 g/mol. The van der Waals surface area contributed by atoms with Crippen LogP contribution in [-0.2, 0) is 4.74 Å². The van der Waals surface area contributed by atoms with Crippen LogP contribution in [0.3, 0.4) is 0 Å². The molecule has 2 fully saturated rings. The minimum atomic E-state index is -0.471. The van der Waals surface area contributed by atoms with Gasteiger partial charge in [-0.2, -0.15) is 0 Å². The number of guanidine groups is 1. The topological polar surface area (TPSA) is 72.4 Å². The first-order valence-electron chi connectivity index (χ1n) is 11.2. The van der Waals surface area contributed by atoms with Crippen LogP contribution in [-0.4, -0.2) is 104 Å². The quantitative estimate of drug-likeness (QED) is 0.234. The molecule has 2 saturated heterocycles. The number of alkyl carbamates (subject to hydrolysis) is 1. The first-order chi connectivity index (χ1) is 13.8. The van der Waals surface area contributed by atoms with E-state index in [1.165, 1.54) is 19.5 Å². The van der Waals surface area contributed by atoms with Crippen molar-refractivity contribution in [2.24, 2.45) is 4.99 Å². The van der Waals surface area contributed by atoms with Crippen LogP contribution in [0.1, 0.15) is 47.0 Å². The molecule has 8 nitrogen and oxygen atoms in total. The molecule has 2 heterocycles. The highest BCUT2D eigenvalue weighted by Gasteiger charge is 2.27. The van der Waals surface area contributed by atoms with Gasteiger partial charge >= 0.3 is 6.09 Å². The van der Waals surface area contributed by atoms with Gasteiger partial charge in [0, 0.05) is 39.3 Å². The Morgan fingerprint density at radius 1 is 1.17 bits per heavy atom. The summed E-state index contributed by atoms with van der Waals surface area (Å²) in [4.78, 5) is 24.1. The van der Waals surface area contributed by atoms with Crippen molar-refractivity contribution in [3.05, 3.63) is 0 Å². The van der Waals surface area contributed by atoms with E-state index in [9.17, 15) is 4.79 Å². The Kier molecular flexibility index (Phi) is 12.3. The van der Waals surface area contributed by atoms with Crippen molar-refractivity contribution in [1.29, 1.82) is 0 Å². The maximum Gasteiger partial charge on any atom is 0.407 e. The molecular formula is C21H43IN6O2. The zero-order valence-corrected chi connectivity index (χ0v) is 21.9. The molecule has 0 aliphatic carbocycles. The Morgan fingerprint density at radius 3 is 2.63 bits per heavy atom. The highest BCUT2D eigenvalue weighted by atomic mass is 127. The molecule has 2 aliphatic heterocycles. The van der Waals surface area contributed by atoms with Gasteiger partial charge in [0.2, 0.25) is 0 Å². The van der Waals surface area contributed by atoms with E-state index in [-0.39, 0.29) is 36.1 Å². The molecule has 1 amide bonds. The number of likely N-dealkylation sites (tertiary alicyclic amines) is 1. The fourth-order valence-corrected chi connectivity index (χ4v) is 3.77. The Labute approximate surface area is 200 Å². The molecule has 0 radical (unpaired) electrons. The molecule has 2 aliphatic rings. The average Bonchev–Trinajstić information content (AvgIpc) is 2.97. The van der Waals surface area contributed by atoms with E-state index < -0.39 is 5.60 Å². The van der Waals surface area contributed by atoms with Crippen LogP contribution in [0, 0.1) is 0 Å². The van der Waals surface area contributed by atoms with Crippen LogP contribution in [0.2, 0.25) is 0 Å². The molecule has 30 heavy (non-hydrogen) atoms. The number of carbonyl (C=O) groups excluding carboxylic acids is 1. The van der Waals surface area contributed by atoms with Gasteiger partial charge in [0.15, 0.2) is 5.96 Å². The van der Waals surface area contributed by atoms with Gasteiger partial charge in [-0.25, -0.2) is 4.79 Å². The summed E-state index contributed by atoms with van der Waals surface area (Å²) in [6.45, 7) is 16.9. The summed E-state index contributed by atoms with van der Waals surface area (Å²) in [5.74, 6) is 0.955. The van der Waals surface area contributed by atoms with E-state index in [4.69, 9.17) is 9.73 Å². The van der Waals surface area contributed by atoms with Crippen LogP contribution < -0.4 is 10.6 Å². The summed E-state index contributed by atoms with van der Waals surface area (Å²) in [6, 6.07) is 0.0998. The van der Waals surface area contributed by atoms with E-state index in [0.717, 1.165) is 64.6 Å². The lowest BCUT2D eigenvalue weighted by molar-refractivity contribution is 0.0507. The summed E-state index contributed by atoms with van der Waals surface area (Å²) < 4.78 is 5.37. The van der Waals surface area contributed by atoms with E-state index in [1.54, 1.807) is 0 Å². The molecule has 9 heteroatoms. The van der Waals surface area contributed by atoms with Gasteiger partial charge < -0.3 is 30.1 Å². The molecule has 0 aromatic rings. The Hall–Kier alpha value is -0.810. The Morgan fingerprint density at radius 2 is 1.93 bits per heavy atom. The SMILES string of the molecule is CCNC(=NCCCN1CCCN(C)CC1)N1CCC(NC(=O)OC(C)(C)C)C1.I. The number of hydrogen-bond acceptors (Lipinski definition) is 5. The Balaban J connectivity index is 0.00000450. The molecule has 0 spiro atoms. The highest BCUT2D eigenvalue weighted by Crippen LogP contribution is 2.12. The molecule has 1 unspecified atom stereocenters.